The highest BCUT2D eigenvalue weighted by Crippen LogP contribution is 2.12. The van der Waals surface area contributed by atoms with E-state index in [1.807, 2.05) is 13.8 Å². The first-order valence-corrected chi connectivity index (χ1v) is 7.06. The molecule has 0 saturated heterocycles. The molecule has 0 spiro atoms. The minimum atomic E-state index is -2.41. The van der Waals surface area contributed by atoms with Crippen LogP contribution in [-0.4, -0.2) is 40.0 Å². The lowest BCUT2D eigenvalue weighted by atomic mass is 10.2. The molecule has 1 heterocycles. The maximum absolute atomic E-state index is 12.5. The van der Waals surface area contributed by atoms with Crippen molar-refractivity contribution in [3.05, 3.63) is 11.4 Å². The van der Waals surface area contributed by atoms with Gasteiger partial charge in [-0.1, -0.05) is 29.8 Å². The van der Waals surface area contributed by atoms with Crippen LogP contribution in [0.5, 0.6) is 0 Å². The summed E-state index contributed by atoms with van der Waals surface area (Å²) in [7, 11) is 0. The molecule has 4 nitrogen and oxygen atoms in total. The van der Waals surface area contributed by atoms with Gasteiger partial charge >= 0.3 is 0 Å². The van der Waals surface area contributed by atoms with Crippen LogP contribution in [0.15, 0.2) is 0 Å². The first kappa shape index (κ1) is 15.2. The molecule has 18 heavy (non-hydrogen) atoms. The van der Waals surface area contributed by atoms with Gasteiger partial charge in [0.2, 0.25) is 5.95 Å². The monoisotopic (exact) mass is 322 g/mol. The second-order valence-corrected chi connectivity index (χ2v) is 4.53. The van der Waals surface area contributed by atoms with Crippen molar-refractivity contribution in [2.75, 3.05) is 23.3 Å². The van der Waals surface area contributed by atoms with Gasteiger partial charge in [0.25, 0.3) is 6.43 Å². The number of hydrogen-bond acceptors (Lipinski definition) is 4. The fraction of sp³-hybridized carbons (Fsp3) is 0.727. The van der Waals surface area contributed by atoms with Gasteiger partial charge < -0.3 is 4.90 Å². The number of alkyl halides is 3. The molecular weight excluding hydrogens is 306 g/mol. The number of nitrogens with zero attached hydrogens (tertiary/aromatic N) is 4. The number of rotatable bonds is 7. The van der Waals surface area contributed by atoms with Crippen molar-refractivity contribution in [2.45, 2.75) is 33.1 Å². The zero-order valence-corrected chi connectivity index (χ0v) is 12.1. The zero-order chi connectivity index (χ0) is 13.5. The topological polar surface area (TPSA) is 41.9 Å². The molecule has 0 saturated carbocycles. The molecule has 0 amide bonds. The molecule has 0 atom stereocenters. The van der Waals surface area contributed by atoms with Crippen LogP contribution in [0.4, 0.5) is 14.7 Å². The fourth-order valence-electron chi connectivity index (χ4n) is 1.60. The molecular formula is C11H17BrF2N4. The van der Waals surface area contributed by atoms with Crippen molar-refractivity contribution in [2.24, 2.45) is 0 Å². The van der Waals surface area contributed by atoms with E-state index in [0.717, 1.165) is 24.2 Å². The number of hydrogen-bond donors (Lipinski definition) is 0. The molecule has 0 N–H and O–H groups in total. The largest absolute Gasteiger partial charge is 0.333 e. The van der Waals surface area contributed by atoms with E-state index in [1.54, 1.807) is 0 Å². The third-order valence-electron chi connectivity index (χ3n) is 2.49. The second kappa shape index (κ2) is 7.56. The summed E-state index contributed by atoms with van der Waals surface area (Å²) in [5, 5.41) is 8.59. The predicted octanol–water partition coefficient (Wildman–Crippen LogP) is 2.46. The summed E-state index contributed by atoms with van der Waals surface area (Å²) in [5.41, 5.74) is 1.66. The SMILES string of the molecule is CCc1nnc(N(CCBr)CC(F)F)nc1CC. The Bertz CT molecular complexity index is 376. The van der Waals surface area contributed by atoms with Crippen LogP contribution in [-0.2, 0) is 12.8 Å². The van der Waals surface area contributed by atoms with Crippen LogP contribution in [0.1, 0.15) is 25.2 Å². The quantitative estimate of drug-likeness (QED) is 0.723. The summed E-state index contributed by atoms with van der Waals surface area (Å²) < 4.78 is 25.0. The Morgan fingerprint density at radius 1 is 1.17 bits per heavy atom. The van der Waals surface area contributed by atoms with Crippen LogP contribution >= 0.6 is 15.9 Å². The van der Waals surface area contributed by atoms with Gasteiger partial charge in [-0.3, -0.25) is 0 Å². The van der Waals surface area contributed by atoms with E-state index in [-0.39, 0.29) is 12.5 Å². The number of anilines is 1. The van der Waals surface area contributed by atoms with Crippen molar-refractivity contribution in [1.82, 2.24) is 15.2 Å². The molecule has 0 unspecified atom stereocenters. The zero-order valence-electron chi connectivity index (χ0n) is 10.5. The van der Waals surface area contributed by atoms with Crippen molar-refractivity contribution < 1.29 is 8.78 Å². The lowest BCUT2D eigenvalue weighted by Crippen LogP contribution is -2.32. The third-order valence-corrected chi connectivity index (χ3v) is 2.85. The Morgan fingerprint density at radius 2 is 1.83 bits per heavy atom. The smallest absolute Gasteiger partial charge is 0.255 e. The van der Waals surface area contributed by atoms with Crippen molar-refractivity contribution in [3.8, 4) is 0 Å². The van der Waals surface area contributed by atoms with Crippen LogP contribution < -0.4 is 4.90 Å². The van der Waals surface area contributed by atoms with E-state index in [0.29, 0.717) is 11.9 Å². The maximum Gasteiger partial charge on any atom is 0.255 e. The van der Waals surface area contributed by atoms with Crippen LogP contribution in [0.2, 0.25) is 0 Å². The van der Waals surface area contributed by atoms with E-state index < -0.39 is 6.43 Å². The number of aryl methyl sites for hydroxylation is 2. The second-order valence-electron chi connectivity index (χ2n) is 3.74. The molecule has 0 aromatic carbocycles. The average molecular weight is 323 g/mol. The average Bonchev–Trinajstić information content (AvgIpc) is 2.37. The van der Waals surface area contributed by atoms with Gasteiger partial charge in [-0.15, -0.1) is 5.10 Å². The Balaban J connectivity index is 2.97. The Kier molecular flexibility index (Phi) is 6.38. The summed E-state index contributed by atoms with van der Waals surface area (Å²) >= 11 is 3.24. The molecule has 1 rings (SSSR count). The maximum atomic E-state index is 12.5. The molecule has 0 bridgehead atoms. The molecule has 102 valence electrons. The number of aromatic nitrogens is 3. The Labute approximate surface area is 114 Å². The standard InChI is InChI=1S/C11H17BrF2N4/c1-3-8-9(4-2)16-17-11(15-8)18(6-5-12)7-10(13)14/h10H,3-7H2,1-2H3. The van der Waals surface area contributed by atoms with E-state index in [2.05, 4.69) is 31.1 Å². The molecule has 0 radical (unpaired) electrons. The summed E-state index contributed by atoms with van der Waals surface area (Å²) in [6, 6.07) is 0. The van der Waals surface area contributed by atoms with Crippen LogP contribution in [0.25, 0.3) is 0 Å². The van der Waals surface area contributed by atoms with Crippen LogP contribution in [0, 0.1) is 0 Å². The minimum Gasteiger partial charge on any atom is -0.333 e. The third kappa shape index (κ3) is 4.12. The summed E-state index contributed by atoms with van der Waals surface area (Å²) in [6.45, 7) is 4.00. The van der Waals surface area contributed by atoms with E-state index in [4.69, 9.17) is 0 Å². The summed E-state index contributed by atoms with van der Waals surface area (Å²) in [4.78, 5) is 5.78. The molecule has 0 aliphatic heterocycles. The molecule has 1 aromatic heterocycles. The van der Waals surface area contributed by atoms with Gasteiger partial charge in [-0.25, -0.2) is 13.8 Å². The van der Waals surface area contributed by atoms with Gasteiger partial charge in [-0.2, -0.15) is 5.10 Å². The van der Waals surface area contributed by atoms with E-state index in [1.165, 1.54) is 4.90 Å². The van der Waals surface area contributed by atoms with Crippen molar-refractivity contribution >= 4 is 21.9 Å². The van der Waals surface area contributed by atoms with Crippen molar-refractivity contribution in [1.29, 1.82) is 0 Å². The lowest BCUT2D eigenvalue weighted by Gasteiger charge is -2.21. The highest BCUT2D eigenvalue weighted by atomic mass is 79.9. The molecule has 0 fully saturated rings. The first-order chi connectivity index (χ1) is 8.62. The Morgan fingerprint density at radius 3 is 2.33 bits per heavy atom. The molecule has 0 aliphatic carbocycles. The lowest BCUT2D eigenvalue weighted by molar-refractivity contribution is 0.154. The highest BCUT2D eigenvalue weighted by molar-refractivity contribution is 9.09. The van der Waals surface area contributed by atoms with Crippen LogP contribution in [0.3, 0.4) is 0 Å². The number of halogens is 3. The van der Waals surface area contributed by atoms with E-state index in [9.17, 15) is 8.78 Å². The first-order valence-electron chi connectivity index (χ1n) is 5.93. The molecule has 0 aliphatic rings. The summed E-state index contributed by atoms with van der Waals surface area (Å²) in [5.74, 6) is 0.281. The Hall–Kier alpha value is -0.850. The fourth-order valence-corrected chi connectivity index (χ4v) is 2.03. The predicted molar refractivity (Wildman–Crippen MR) is 70.6 cm³/mol. The van der Waals surface area contributed by atoms with Gasteiger partial charge in [0.1, 0.15) is 0 Å². The summed E-state index contributed by atoms with van der Waals surface area (Å²) in [6.07, 6.45) is -0.942. The minimum absolute atomic E-state index is 0.281. The normalized spacial score (nSPS) is 11.0. The van der Waals surface area contributed by atoms with Gasteiger partial charge in [0.15, 0.2) is 0 Å². The van der Waals surface area contributed by atoms with Gasteiger partial charge in [0, 0.05) is 11.9 Å². The van der Waals surface area contributed by atoms with E-state index >= 15 is 0 Å². The highest BCUT2D eigenvalue weighted by Gasteiger charge is 2.16. The van der Waals surface area contributed by atoms with Gasteiger partial charge in [0.05, 0.1) is 17.9 Å². The van der Waals surface area contributed by atoms with Gasteiger partial charge in [-0.05, 0) is 12.8 Å². The molecule has 7 heteroatoms. The van der Waals surface area contributed by atoms with Crippen molar-refractivity contribution in [3.63, 3.8) is 0 Å². The molecule has 1 aromatic rings.